The third kappa shape index (κ3) is 5.02. The average Bonchev–Trinajstić information content (AvgIpc) is 2.50. The van der Waals surface area contributed by atoms with Crippen LogP contribution in [0.2, 0.25) is 0 Å². The van der Waals surface area contributed by atoms with Gasteiger partial charge in [0.2, 0.25) is 5.91 Å². The molecule has 2 rings (SSSR count). The standard InChI is InChI=1S/C16H24N2O3/c1-20-12-5-4-6-13(11-12)21-10-9-16(19)18-15-8-3-2-7-14(15)17/h2-3,7-8,12-13H,4-6,9-11,17H2,1H3,(H,18,19). The lowest BCUT2D eigenvalue weighted by molar-refractivity contribution is -0.118. The molecule has 5 heteroatoms. The van der Waals surface area contributed by atoms with Gasteiger partial charge < -0.3 is 20.5 Å². The fourth-order valence-electron chi connectivity index (χ4n) is 2.61. The van der Waals surface area contributed by atoms with E-state index in [-0.39, 0.29) is 12.0 Å². The molecule has 1 saturated carbocycles. The lowest BCUT2D eigenvalue weighted by Crippen LogP contribution is -2.28. The highest BCUT2D eigenvalue weighted by Gasteiger charge is 2.22. The minimum absolute atomic E-state index is 0.0769. The Kier molecular flexibility index (Phi) is 6.02. The minimum Gasteiger partial charge on any atom is -0.397 e. The molecule has 1 aliphatic rings. The molecule has 0 radical (unpaired) electrons. The normalized spacial score (nSPS) is 22.0. The Hall–Kier alpha value is -1.59. The highest BCUT2D eigenvalue weighted by atomic mass is 16.5. The summed E-state index contributed by atoms with van der Waals surface area (Å²) in [4.78, 5) is 11.9. The fraction of sp³-hybridized carbons (Fsp3) is 0.562. The van der Waals surface area contributed by atoms with Gasteiger partial charge in [0.25, 0.3) is 0 Å². The molecule has 0 saturated heterocycles. The number of hydrogen-bond acceptors (Lipinski definition) is 4. The van der Waals surface area contributed by atoms with Crippen molar-refractivity contribution in [3.8, 4) is 0 Å². The maximum atomic E-state index is 11.9. The van der Waals surface area contributed by atoms with Gasteiger partial charge in [0.1, 0.15) is 0 Å². The van der Waals surface area contributed by atoms with Gasteiger partial charge in [0, 0.05) is 7.11 Å². The quantitative estimate of drug-likeness (QED) is 0.790. The summed E-state index contributed by atoms with van der Waals surface area (Å²) < 4.78 is 11.1. The van der Waals surface area contributed by atoms with Crippen LogP contribution < -0.4 is 11.1 Å². The third-order valence-electron chi connectivity index (χ3n) is 3.83. The largest absolute Gasteiger partial charge is 0.397 e. The number of carbonyl (C=O) groups is 1. The van der Waals surface area contributed by atoms with Crippen molar-refractivity contribution in [2.24, 2.45) is 0 Å². The molecule has 1 aromatic rings. The summed E-state index contributed by atoms with van der Waals surface area (Å²) in [6.45, 7) is 0.430. The van der Waals surface area contributed by atoms with Crippen molar-refractivity contribution in [3.63, 3.8) is 0 Å². The van der Waals surface area contributed by atoms with Gasteiger partial charge >= 0.3 is 0 Å². The molecule has 21 heavy (non-hydrogen) atoms. The van der Waals surface area contributed by atoms with Gasteiger partial charge in [0.05, 0.1) is 36.6 Å². The second-order valence-corrected chi connectivity index (χ2v) is 5.40. The van der Waals surface area contributed by atoms with Crippen LogP contribution in [-0.4, -0.2) is 31.8 Å². The van der Waals surface area contributed by atoms with Crippen LogP contribution in [0, 0.1) is 0 Å². The van der Waals surface area contributed by atoms with Gasteiger partial charge in [-0.3, -0.25) is 4.79 Å². The zero-order valence-corrected chi connectivity index (χ0v) is 12.5. The molecule has 5 nitrogen and oxygen atoms in total. The van der Waals surface area contributed by atoms with Gasteiger partial charge in [-0.25, -0.2) is 0 Å². The monoisotopic (exact) mass is 292 g/mol. The Morgan fingerprint density at radius 1 is 1.33 bits per heavy atom. The Bertz CT molecular complexity index is 465. The number of carbonyl (C=O) groups excluding carboxylic acids is 1. The number of nitrogens with two attached hydrogens (primary N) is 1. The summed E-state index contributed by atoms with van der Waals surface area (Å²) in [5.41, 5.74) is 7.01. The molecule has 2 unspecified atom stereocenters. The molecule has 0 spiro atoms. The predicted molar refractivity (Wildman–Crippen MR) is 83.1 cm³/mol. The third-order valence-corrected chi connectivity index (χ3v) is 3.83. The van der Waals surface area contributed by atoms with E-state index in [9.17, 15) is 4.79 Å². The number of para-hydroxylation sites is 2. The number of amides is 1. The highest BCUT2D eigenvalue weighted by Crippen LogP contribution is 2.23. The van der Waals surface area contributed by atoms with Crippen molar-refractivity contribution < 1.29 is 14.3 Å². The molecular formula is C16H24N2O3. The van der Waals surface area contributed by atoms with Gasteiger partial charge in [-0.15, -0.1) is 0 Å². The van der Waals surface area contributed by atoms with Crippen LogP contribution >= 0.6 is 0 Å². The topological polar surface area (TPSA) is 73.6 Å². The second kappa shape index (κ2) is 8.00. The number of anilines is 2. The van der Waals surface area contributed by atoms with Gasteiger partial charge in [-0.2, -0.15) is 0 Å². The van der Waals surface area contributed by atoms with Crippen LogP contribution in [0.3, 0.4) is 0 Å². The van der Waals surface area contributed by atoms with Crippen molar-refractivity contribution in [2.75, 3.05) is 24.8 Å². The lowest BCUT2D eigenvalue weighted by Gasteiger charge is -2.28. The predicted octanol–water partition coefficient (Wildman–Crippen LogP) is 2.57. The van der Waals surface area contributed by atoms with E-state index in [1.54, 1.807) is 19.2 Å². The molecule has 0 heterocycles. The Labute approximate surface area is 125 Å². The molecule has 116 valence electrons. The van der Waals surface area contributed by atoms with Crippen molar-refractivity contribution in [1.29, 1.82) is 0 Å². The van der Waals surface area contributed by atoms with Gasteiger partial charge in [-0.1, -0.05) is 12.1 Å². The van der Waals surface area contributed by atoms with E-state index >= 15 is 0 Å². The van der Waals surface area contributed by atoms with Gasteiger partial charge in [0.15, 0.2) is 0 Å². The first-order chi connectivity index (χ1) is 10.2. The minimum atomic E-state index is -0.0769. The van der Waals surface area contributed by atoms with Crippen LogP contribution in [0.1, 0.15) is 32.1 Å². The molecule has 1 amide bonds. The van der Waals surface area contributed by atoms with Crippen molar-refractivity contribution >= 4 is 17.3 Å². The first-order valence-electron chi connectivity index (χ1n) is 7.48. The Balaban J connectivity index is 1.69. The maximum absolute atomic E-state index is 11.9. The summed E-state index contributed by atoms with van der Waals surface area (Å²) in [5, 5.41) is 2.80. The number of nitrogen functional groups attached to an aromatic ring is 1. The lowest BCUT2D eigenvalue weighted by atomic mass is 9.95. The highest BCUT2D eigenvalue weighted by molar-refractivity contribution is 5.93. The molecule has 1 aliphatic carbocycles. The number of hydrogen-bond donors (Lipinski definition) is 2. The van der Waals surface area contributed by atoms with Crippen molar-refractivity contribution in [1.82, 2.24) is 0 Å². The fourth-order valence-corrected chi connectivity index (χ4v) is 2.61. The van der Waals surface area contributed by atoms with Crippen molar-refractivity contribution in [2.45, 2.75) is 44.3 Å². The molecule has 0 aromatic heterocycles. The molecule has 2 atom stereocenters. The van der Waals surface area contributed by atoms with Crippen LogP contribution in [0.25, 0.3) is 0 Å². The Morgan fingerprint density at radius 3 is 2.86 bits per heavy atom. The van der Waals surface area contributed by atoms with E-state index < -0.39 is 0 Å². The van der Waals surface area contributed by atoms with Crippen LogP contribution in [0.4, 0.5) is 11.4 Å². The summed E-state index contributed by atoms with van der Waals surface area (Å²) in [5.74, 6) is -0.0769. The first-order valence-corrected chi connectivity index (χ1v) is 7.48. The summed E-state index contributed by atoms with van der Waals surface area (Å²) >= 11 is 0. The van der Waals surface area contributed by atoms with Crippen LogP contribution in [-0.2, 0) is 14.3 Å². The van der Waals surface area contributed by atoms with E-state index in [4.69, 9.17) is 15.2 Å². The van der Waals surface area contributed by atoms with Crippen LogP contribution in [0.5, 0.6) is 0 Å². The molecule has 0 bridgehead atoms. The van der Waals surface area contributed by atoms with E-state index in [0.29, 0.717) is 30.5 Å². The van der Waals surface area contributed by atoms with E-state index in [1.807, 2.05) is 12.1 Å². The van der Waals surface area contributed by atoms with E-state index in [0.717, 1.165) is 25.7 Å². The number of benzene rings is 1. The number of nitrogens with one attached hydrogen (secondary N) is 1. The first kappa shape index (κ1) is 15.8. The molecule has 1 fully saturated rings. The molecule has 0 aliphatic heterocycles. The summed E-state index contributed by atoms with van der Waals surface area (Å²) in [6.07, 6.45) is 5.03. The number of ether oxygens (including phenoxy) is 2. The zero-order valence-electron chi connectivity index (χ0n) is 12.5. The van der Waals surface area contributed by atoms with Crippen LogP contribution in [0.15, 0.2) is 24.3 Å². The van der Waals surface area contributed by atoms with Crippen molar-refractivity contribution in [3.05, 3.63) is 24.3 Å². The second-order valence-electron chi connectivity index (χ2n) is 5.40. The molecule has 3 N–H and O–H groups in total. The number of methoxy groups -OCH3 is 1. The number of rotatable bonds is 6. The van der Waals surface area contributed by atoms with E-state index in [1.165, 1.54) is 0 Å². The maximum Gasteiger partial charge on any atom is 0.226 e. The SMILES string of the molecule is COC1CCCC(OCCC(=O)Nc2ccccc2N)C1. The zero-order chi connectivity index (χ0) is 15.1. The van der Waals surface area contributed by atoms with E-state index in [2.05, 4.69) is 5.32 Å². The smallest absolute Gasteiger partial charge is 0.226 e. The average molecular weight is 292 g/mol. The Morgan fingerprint density at radius 2 is 2.10 bits per heavy atom. The molecule has 1 aromatic carbocycles. The van der Waals surface area contributed by atoms with Gasteiger partial charge in [-0.05, 0) is 37.8 Å². The summed E-state index contributed by atoms with van der Waals surface area (Å²) in [6, 6.07) is 7.23. The summed E-state index contributed by atoms with van der Waals surface area (Å²) in [7, 11) is 1.74. The molecular weight excluding hydrogens is 268 g/mol.